The highest BCUT2D eigenvalue weighted by molar-refractivity contribution is 5.82. The molecule has 2 heterocycles. The topological polar surface area (TPSA) is 60.4 Å². The highest BCUT2D eigenvalue weighted by Gasteiger charge is 2.30. The fourth-order valence-electron chi connectivity index (χ4n) is 4.33. The molecule has 3 rings (SSSR count). The van der Waals surface area contributed by atoms with E-state index in [1.165, 1.54) is 5.56 Å². The van der Waals surface area contributed by atoms with Crippen LogP contribution in [0.25, 0.3) is 0 Å². The quantitative estimate of drug-likeness (QED) is 0.544. The van der Waals surface area contributed by atoms with E-state index in [4.69, 9.17) is 4.74 Å². The molecule has 166 valence electrons. The van der Waals surface area contributed by atoms with E-state index in [1.54, 1.807) is 0 Å². The van der Waals surface area contributed by atoms with Crippen LogP contribution in [0.5, 0.6) is 5.75 Å². The number of para-hydroxylation sites is 1. The van der Waals surface area contributed by atoms with Crippen LogP contribution in [-0.2, 0) is 11.2 Å². The minimum atomic E-state index is -0.0321. The van der Waals surface area contributed by atoms with Gasteiger partial charge < -0.3 is 19.9 Å². The SMILES string of the molecule is CCOc1ccccc1CCNC(=NC)N1CCN(C(C)C(=O)N2CCCC2)CC1. The van der Waals surface area contributed by atoms with Crippen molar-refractivity contribution >= 4 is 11.9 Å². The molecule has 2 aliphatic rings. The van der Waals surface area contributed by atoms with Crippen molar-refractivity contribution in [2.24, 2.45) is 4.99 Å². The molecular formula is C23H37N5O2. The van der Waals surface area contributed by atoms with Crippen LogP contribution in [-0.4, -0.2) is 92.1 Å². The molecule has 0 saturated carbocycles. The Labute approximate surface area is 181 Å². The Bertz CT molecular complexity index is 709. The fourth-order valence-corrected chi connectivity index (χ4v) is 4.33. The number of rotatable bonds is 7. The normalized spacial score (nSPS) is 19.1. The Morgan fingerprint density at radius 1 is 1.10 bits per heavy atom. The number of carbonyl (C=O) groups is 1. The third-order valence-corrected chi connectivity index (χ3v) is 6.10. The molecule has 2 aliphatic heterocycles. The van der Waals surface area contributed by atoms with Crippen molar-refractivity contribution in [2.75, 3.05) is 59.5 Å². The molecule has 1 atom stereocenters. The number of hydrogen-bond donors (Lipinski definition) is 1. The van der Waals surface area contributed by atoms with E-state index in [0.29, 0.717) is 6.61 Å². The minimum absolute atomic E-state index is 0.0321. The van der Waals surface area contributed by atoms with Crippen LogP contribution >= 0.6 is 0 Å². The van der Waals surface area contributed by atoms with E-state index in [-0.39, 0.29) is 11.9 Å². The zero-order valence-corrected chi connectivity index (χ0v) is 18.8. The Morgan fingerprint density at radius 2 is 1.80 bits per heavy atom. The van der Waals surface area contributed by atoms with Crippen molar-refractivity contribution in [3.8, 4) is 5.75 Å². The molecule has 0 aliphatic carbocycles. The van der Waals surface area contributed by atoms with Gasteiger partial charge in [-0.1, -0.05) is 18.2 Å². The van der Waals surface area contributed by atoms with Gasteiger partial charge in [-0.2, -0.15) is 0 Å². The summed E-state index contributed by atoms with van der Waals surface area (Å²) in [6.07, 6.45) is 3.17. The summed E-state index contributed by atoms with van der Waals surface area (Å²) in [6, 6.07) is 8.17. The van der Waals surface area contributed by atoms with Gasteiger partial charge in [0.05, 0.1) is 12.6 Å². The third-order valence-electron chi connectivity index (χ3n) is 6.10. The lowest BCUT2D eigenvalue weighted by molar-refractivity contribution is -0.135. The van der Waals surface area contributed by atoms with Gasteiger partial charge in [0.25, 0.3) is 0 Å². The molecule has 7 nitrogen and oxygen atoms in total. The van der Waals surface area contributed by atoms with Crippen LogP contribution in [0.15, 0.2) is 29.3 Å². The number of carbonyl (C=O) groups excluding carboxylic acids is 1. The summed E-state index contributed by atoms with van der Waals surface area (Å²) in [6.45, 7) is 10.9. The maximum atomic E-state index is 12.7. The van der Waals surface area contributed by atoms with Gasteiger partial charge in [-0.15, -0.1) is 0 Å². The van der Waals surface area contributed by atoms with Crippen LogP contribution < -0.4 is 10.1 Å². The Morgan fingerprint density at radius 3 is 2.47 bits per heavy atom. The molecule has 1 aromatic carbocycles. The molecule has 1 unspecified atom stereocenters. The molecule has 0 spiro atoms. The summed E-state index contributed by atoms with van der Waals surface area (Å²) in [5.41, 5.74) is 1.21. The zero-order valence-electron chi connectivity index (χ0n) is 18.8. The van der Waals surface area contributed by atoms with Crippen LogP contribution in [0.4, 0.5) is 0 Å². The first-order valence-corrected chi connectivity index (χ1v) is 11.3. The molecule has 1 aromatic rings. The molecule has 2 fully saturated rings. The number of piperazine rings is 1. The lowest BCUT2D eigenvalue weighted by Crippen LogP contribution is -2.57. The van der Waals surface area contributed by atoms with Gasteiger partial charge in [-0.05, 0) is 44.7 Å². The minimum Gasteiger partial charge on any atom is -0.494 e. The van der Waals surface area contributed by atoms with E-state index in [9.17, 15) is 4.79 Å². The summed E-state index contributed by atoms with van der Waals surface area (Å²) in [5, 5.41) is 3.50. The first kappa shape index (κ1) is 22.4. The lowest BCUT2D eigenvalue weighted by Gasteiger charge is -2.39. The van der Waals surface area contributed by atoms with Crippen LogP contribution in [0.2, 0.25) is 0 Å². The number of nitrogens with one attached hydrogen (secondary N) is 1. The number of guanidine groups is 1. The molecule has 0 bridgehead atoms. The average molecular weight is 416 g/mol. The summed E-state index contributed by atoms with van der Waals surface area (Å²) in [4.78, 5) is 23.8. The second kappa shape index (κ2) is 11.2. The molecular weight excluding hydrogens is 378 g/mol. The first-order valence-electron chi connectivity index (χ1n) is 11.3. The predicted octanol–water partition coefficient (Wildman–Crippen LogP) is 1.83. The highest BCUT2D eigenvalue weighted by Crippen LogP contribution is 2.18. The average Bonchev–Trinajstić information content (AvgIpc) is 3.32. The Balaban J connectivity index is 1.45. The number of amides is 1. The highest BCUT2D eigenvalue weighted by atomic mass is 16.5. The molecule has 0 radical (unpaired) electrons. The number of nitrogens with zero attached hydrogens (tertiary/aromatic N) is 4. The molecule has 1 amide bonds. The van der Waals surface area contributed by atoms with Crippen molar-refractivity contribution < 1.29 is 9.53 Å². The molecule has 2 saturated heterocycles. The summed E-state index contributed by atoms with van der Waals surface area (Å²) in [7, 11) is 1.84. The van der Waals surface area contributed by atoms with Gasteiger partial charge in [-0.25, -0.2) is 0 Å². The molecule has 7 heteroatoms. The lowest BCUT2D eigenvalue weighted by atomic mass is 10.1. The van der Waals surface area contributed by atoms with Gasteiger partial charge in [0.1, 0.15) is 5.75 Å². The number of ether oxygens (including phenoxy) is 1. The molecule has 1 N–H and O–H groups in total. The number of aliphatic imine (C=N–C) groups is 1. The van der Waals surface area contributed by atoms with Gasteiger partial charge in [0.2, 0.25) is 5.91 Å². The Hall–Kier alpha value is -2.28. The van der Waals surface area contributed by atoms with Crippen molar-refractivity contribution in [3.05, 3.63) is 29.8 Å². The van der Waals surface area contributed by atoms with Crippen LogP contribution in [0.3, 0.4) is 0 Å². The van der Waals surface area contributed by atoms with Crippen LogP contribution in [0, 0.1) is 0 Å². The maximum Gasteiger partial charge on any atom is 0.239 e. The predicted molar refractivity (Wildman–Crippen MR) is 121 cm³/mol. The number of hydrogen-bond acceptors (Lipinski definition) is 4. The van der Waals surface area contributed by atoms with E-state index in [0.717, 1.165) is 76.8 Å². The smallest absolute Gasteiger partial charge is 0.239 e. The molecule has 0 aromatic heterocycles. The van der Waals surface area contributed by atoms with Gasteiger partial charge in [0.15, 0.2) is 5.96 Å². The monoisotopic (exact) mass is 415 g/mol. The summed E-state index contributed by atoms with van der Waals surface area (Å²) < 4.78 is 5.72. The van der Waals surface area contributed by atoms with E-state index in [1.807, 2.05) is 31.0 Å². The first-order chi connectivity index (χ1) is 14.6. The molecule has 30 heavy (non-hydrogen) atoms. The van der Waals surface area contributed by atoms with E-state index < -0.39 is 0 Å². The van der Waals surface area contributed by atoms with Gasteiger partial charge >= 0.3 is 0 Å². The Kier molecular flexibility index (Phi) is 8.37. The number of benzene rings is 1. The third kappa shape index (κ3) is 5.65. The maximum absolute atomic E-state index is 12.7. The fraction of sp³-hybridized carbons (Fsp3) is 0.652. The second-order valence-electron chi connectivity index (χ2n) is 8.00. The zero-order chi connectivity index (χ0) is 21.3. The van der Waals surface area contributed by atoms with Crippen molar-refractivity contribution in [1.82, 2.24) is 20.0 Å². The summed E-state index contributed by atoms with van der Waals surface area (Å²) in [5.74, 6) is 2.18. The van der Waals surface area contributed by atoms with E-state index >= 15 is 0 Å². The second-order valence-corrected chi connectivity index (χ2v) is 8.00. The van der Waals surface area contributed by atoms with Crippen molar-refractivity contribution in [3.63, 3.8) is 0 Å². The van der Waals surface area contributed by atoms with Crippen molar-refractivity contribution in [1.29, 1.82) is 0 Å². The number of likely N-dealkylation sites (tertiary alicyclic amines) is 1. The largest absolute Gasteiger partial charge is 0.494 e. The van der Waals surface area contributed by atoms with Crippen molar-refractivity contribution in [2.45, 2.75) is 39.2 Å². The van der Waals surface area contributed by atoms with Crippen LogP contribution in [0.1, 0.15) is 32.3 Å². The summed E-state index contributed by atoms with van der Waals surface area (Å²) >= 11 is 0. The standard InChI is InChI=1S/C23H37N5O2/c1-4-30-21-10-6-5-9-20(21)11-12-25-23(24-3)28-17-15-26(16-18-28)19(2)22(29)27-13-7-8-14-27/h5-6,9-10,19H,4,7-8,11-18H2,1-3H3,(H,24,25). The van der Waals surface area contributed by atoms with E-state index in [2.05, 4.69) is 39.2 Å². The van der Waals surface area contributed by atoms with Gasteiger partial charge in [-0.3, -0.25) is 14.7 Å². The van der Waals surface area contributed by atoms with Gasteiger partial charge in [0, 0.05) is 52.9 Å².